The molecule has 126 valence electrons. The zero-order chi connectivity index (χ0) is 16.4. The van der Waals surface area contributed by atoms with Crippen LogP contribution in [0.15, 0.2) is 12.3 Å². The Hall–Kier alpha value is -1.72. The minimum atomic E-state index is -1.30. The van der Waals surface area contributed by atoms with Gasteiger partial charge < -0.3 is 10.2 Å². The number of carbonyl (C=O) groups is 1. The van der Waals surface area contributed by atoms with Gasteiger partial charge in [0.2, 0.25) is 5.91 Å². The van der Waals surface area contributed by atoms with Gasteiger partial charge in [-0.2, -0.15) is 0 Å². The lowest BCUT2D eigenvalue weighted by Crippen LogP contribution is -2.48. The number of anilines is 1. The molecule has 1 N–H and O–H groups in total. The SMILES string of the molecule is CC(C)c1nccc(N2CCC(F)(CNC(=O)C3CC3)CC2)n1. The molecule has 1 aromatic rings. The van der Waals surface area contributed by atoms with E-state index in [2.05, 4.69) is 34.0 Å². The molecule has 2 heterocycles. The summed E-state index contributed by atoms with van der Waals surface area (Å²) in [6, 6.07) is 1.88. The summed E-state index contributed by atoms with van der Waals surface area (Å²) in [4.78, 5) is 22.6. The number of halogens is 1. The molecule has 0 atom stereocenters. The molecule has 1 aromatic heterocycles. The van der Waals surface area contributed by atoms with Crippen LogP contribution in [0, 0.1) is 5.92 Å². The van der Waals surface area contributed by atoms with E-state index >= 15 is 0 Å². The highest BCUT2D eigenvalue weighted by atomic mass is 19.1. The molecule has 0 aromatic carbocycles. The molecule has 0 unspecified atom stereocenters. The van der Waals surface area contributed by atoms with Crippen LogP contribution in [0.5, 0.6) is 0 Å². The average Bonchev–Trinajstić information content (AvgIpc) is 3.38. The number of rotatable bonds is 5. The fourth-order valence-corrected chi connectivity index (χ4v) is 2.87. The molecule has 23 heavy (non-hydrogen) atoms. The van der Waals surface area contributed by atoms with Crippen LogP contribution in [0.25, 0.3) is 0 Å². The zero-order valence-corrected chi connectivity index (χ0v) is 13.9. The van der Waals surface area contributed by atoms with Crippen LogP contribution in [0.3, 0.4) is 0 Å². The molecule has 1 saturated heterocycles. The van der Waals surface area contributed by atoms with Gasteiger partial charge in [-0.05, 0) is 18.9 Å². The fourth-order valence-electron chi connectivity index (χ4n) is 2.87. The monoisotopic (exact) mass is 320 g/mol. The van der Waals surface area contributed by atoms with E-state index in [1.165, 1.54) is 0 Å². The Balaban J connectivity index is 1.54. The molecule has 0 bridgehead atoms. The highest BCUT2D eigenvalue weighted by molar-refractivity contribution is 5.80. The predicted octanol–water partition coefficient (Wildman–Crippen LogP) is 2.43. The predicted molar refractivity (Wildman–Crippen MR) is 87.1 cm³/mol. The number of piperidine rings is 1. The van der Waals surface area contributed by atoms with Crippen LogP contribution >= 0.6 is 0 Å². The number of hydrogen-bond donors (Lipinski definition) is 1. The van der Waals surface area contributed by atoms with Crippen LogP contribution in [-0.2, 0) is 4.79 Å². The van der Waals surface area contributed by atoms with Crippen molar-refractivity contribution in [2.45, 2.75) is 51.1 Å². The van der Waals surface area contributed by atoms with Crippen molar-refractivity contribution in [3.05, 3.63) is 18.1 Å². The lowest BCUT2D eigenvalue weighted by Gasteiger charge is -2.37. The third-order valence-electron chi connectivity index (χ3n) is 4.69. The lowest BCUT2D eigenvalue weighted by molar-refractivity contribution is -0.123. The molecule has 1 amide bonds. The molecule has 1 aliphatic carbocycles. The molecule has 0 radical (unpaired) electrons. The molecule has 6 heteroatoms. The van der Waals surface area contributed by atoms with Crippen molar-refractivity contribution in [3.63, 3.8) is 0 Å². The van der Waals surface area contributed by atoms with Gasteiger partial charge in [-0.3, -0.25) is 4.79 Å². The molecule has 3 rings (SSSR count). The summed E-state index contributed by atoms with van der Waals surface area (Å²) < 4.78 is 14.8. The van der Waals surface area contributed by atoms with Crippen LogP contribution in [0.1, 0.15) is 51.3 Å². The standard InChI is InChI=1S/C17H25FN4O/c1-12(2)15-19-8-5-14(21-15)22-9-6-17(18,7-10-22)11-20-16(23)13-3-4-13/h5,8,12-13H,3-4,6-7,9-11H2,1-2H3,(H,20,23). The summed E-state index contributed by atoms with van der Waals surface area (Å²) in [5, 5.41) is 2.78. The Morgan fingerprint density at radius 3 is 2.74 bits per heavy atom. The van der Waals surface area contributed by atoms with Gasteiger partial charge in [0.05, 0.1) is 6.54 Å². The second-order valence-electron chi connectivity index (χ2n) is 7.06. The Morgan fingerprint density at radius 1 is 1.43 bits per heavy atom. The average molecular weight is 320 g/mol. The van der Waals surface area contributed by atoms with Crippen molar-refractivity contribution in [2.24, 2.45) is 5.92 Å². The number of aromatic nitrogens is 2. The number of amides is 1. The van der Waals surface area contributed by atoms with E-state index in [1.807, 2.05) is 6.07 Å². The van der Waals surface area contributed by atoms with E-state index in [9.17, 15) is 9.18 Å². The minimum absolute atomic E-state index is 0.0156. The summed E-state index contributed by atoms with van der Waals surface area (Å²) >= 11 is 0. The molecular weight excluding hydrogens is 295 g/mol. The van der Waals surface area contributed by atoms with Gasteiger partial charge in [-0.25, -0.2) is 14.4 Å². The number of hydrogen-bond acceptors (Lipinski definition) is 4. The largest absolute Gasteiger partial charge is 0.356 e. The fraction of sp³-hybridized carbons (Fsp3) is 0.706. The number of carbonyl (C=O) groups excluding carboxylic acids is 1. The summed E-state index contributed by atoms with van der Waals surface area (Å²) in [6.45, 7) is 5.49. The van der Waals surface area contributed by atoms with Crippen molar-refractivity contribution < 1.29 is 9.18 Å². The van der Waals surface area contributed by atoms with Gasteiger partial charge in [0.15, 0.2) is 0 Å². The van der Waals surface area contributed by atoms with E-state index in [4.69, 9.17) is 0 Å². The molecule has 5 nitrogen and oxygen atoms in total. The Kier molecular flexibility index (Phi) is 4.50. The van der Waals surface area contributed by atoms with Gasteiger partial charge in [0.1, 0.15) is 17.3 Å². The number of alkyl halides is 1. The van der Waals surface area contributed by atoms with E-state index in [0.29, 0.717) is 25.9 Å². The molecule has 1 saturated carbocycles. The normalized spacial score (nSPS) is 20.6. The van der Waals surface area contributed by atoms with Crippen LogP contribution < -0.4 is 10.2 Å². The molecule has 0 spiro atoms. The topological polar surface area (TPSA) is 58.1 Å². The quantitative estimate of drug-likeness (QED) is 0.905. The van der Waals surface area contributed by atoms with Gasteiger partial charge in [-0.15, -0.1) is 0 Å². The van der Waals surface area contributed by atoms with Gasteiger partial charge in [-0.1, -0.05) is 13.8 Å². The van der Waals surface area contributed by atoms with Crippen molar-refractivity contribution in [1.29, 1.82) is 0 Å². The first-order valence-corrected chi connectivity index (χ1v) is 8.51. The third-order valence-corrected chi connectivity index (χ3v) is 4.69. The first kappa shape index (κ1) is 16.1. The number of nitrogens with zero attached hydrogens (tertiary/aromatic N) is 3. The first-order chi connectivity index (χ1) is 11.0. The maximum atomic E-state index is 14.8. The van der Waals surface area contributed by atoms with E-state index in [0.717, 1.165) is 24.5 Å². The van der Waals surface area contributed by atoms with Gasteiger partial charge in [0.25, 0.3) is 0 Å². The van der Waals surface area contributed by atoms with Gasteiger partial charge >= 0.3 is 0 Å². The van der Waals surface area contributed by atoms with E-state index < -0.39 is 5.67 Å². The van der Waals surface area contributed by atoms with Crippen LogP contribution in [0.4, 0.5) is 10.2 Å². The summed E-state index contributed by atoms with van der Waals surface area (Å²) in [6.07, 6.45) is 4.50. The summed E-state index contributed by atoms with van der Waals surface area (Å²) in [5.74, 6) is 2.11. The Morgan fingerprint density at radius 2 is 2.13 bits per heavy atom. The summed E-state index contributed by atoms with van der Waals surface area (Å²) in [7, 11) is 0. The van der Waals surface area contributed by atoms with Crippen LogP contribution in [-0.4, -0.2) is 41.2 Å². The molecule has 2 fully saturated rings. The molecule has 2 aliphatic rings. The summed E-state index contributed by atoms with van der Waals surface area (Å²) in [5.41, 5.74) is -1.30. The smallest absolute Gasteiger partial charge is 0.223 e. The zero-order valence-electron chi connectivity index (χ0n) is 13.9. The van der Waals surface area contributed by atoms with Crippen molar-refractivity contribution in [3.8, 4) is 0 Å². The van der Waals surface area contributed by atoms with E-state index in [1.54, 1.807) is 6.20 Å². The first-order valence-electron chi connectivity index (χ1n) is 8.51. The van der Waals surface area contributed by atoms with Crippen molar-refractivity contribution in [1.82, 2.24) is 15.3 Å². The highest BCUT2D eigenvalue weighted by Crippen LogP contribution is 2.31. The Labute approximate surface area is 136 Å². The Bertz CT molecular complexity index is 565. The minimum Gasteiger partial charge on any atom is -0.356 e. The lowest BCUT2D eigenvalue weighted by atomic mass is 9.93. The maximum Gasteiger partial charge on any atom is 0.223 e. The second kappa shape index (κ2) is 6.42. The maximum absolute atomic E-state index is 14.8. The highest BCUT2D eigenvalue weighted by Gasteiger charge is 2.37. The molecule has 1 aliphatic heterocycles. The number of nitrogens with one attached hydrogen (secondary N) is 1. The van der Waals surface area contributed by atoms with E-state index in [-0.39, 0.29) is 24.3 Å². The second-order valence-corrected chi connectivity index (χ2v) is 7.06. The van der Waals surface area contributed by atoms with Crippen molar-refractivity contribution >= 4 is 11.7 Å². The molecular formula is C17H25FN4O. The van der Waals surface area contributed by atoms with Crippen LogP contribution in [0.2, 0.25) is 0 Å². The van der Waals surface area contributed by atoms with Gasteiger partial charge in [0, 0.05) is 44.0 Å². The third kappa shape index (κ3) is 3.98. The van der Waals surface area contributed by atoms with Crippen molar-refractivity contribution in [2.75, 3.05) is 24.5 Å².